The summed E-state index contributed by atoms with van der Waals surface area (Å²) in [7, 11) is 0. The molecule has 2 rings (SSSR count). The second kappa shape index (κ2) is 11.7. The topological polar surface area (TPSA) is 72.6 Å². The van der Waals surface area contributed by atoms with Gasteiger partial charge in [-0.15, -0.1) is 0 Å². The van der Waals surface area contributed by atoms with Crippen LogP contribution in [0.3, 0.4) is 0 Å². The van der Waals surface area contributed by atoms with Gasteiger partial charge in [-0.1, -0.05) is 6.42 Å². The molecule has 1 heterocycles. The van der Waals surface area contributed by atoms with Crippen LogP contribution in [-0.4, -0.2) is 43.0 Å². The molecule has 0 radical (unpaired) electrons. The van der Waals surface area contributed by atoms with Gasteiger partial charge in [0.15, 0.2) is 0 Å². The van der Waals surface area contributed by atoms with Gasteiger partial charge in [-0.3, -0.25) is 0 Å². The molecule has 0 aliphatic carbocycles. The summed E-state index contributed by atoms with van der Waals surface area (Å²) >= 11 is 0. The highest BCUT2D eigenvalue weighted by Gasteiger charge is 2.15. The van der Waals surface area contributed by atoms with Gasteiger partial charge >= 0.3 is 6.09 Å². The highest BCUT2D eigenvalue weighted by molar-refractivity contribution is 5.84. The molecule has 0 aliphatic heterocycles. The number of carbonyl (C=O) groups excluding carboxylic acids is 1. The highest BCUT2D eigenvalue weighted by Crippen LogP contribution is 2.24. The van der Waals surface area contributed by atoms with Crippen LogP contribution in [0.5, 0.6) is 5.75 Å². The third-order valence-electron chi connectivity index (χ3n) is 4.46. The second-order valence-corrected chi connectivity index (χ2v) is 8.16. The van der Waals surface area contributed by atoms with Gasteiger partial charge in [-0.2, -0.15) is 0 Å². The maximum atomic E-state index is 11.8. The lowest BCUT2D eigenvalue weighted by atomic mass is 10.1. The van der Waals surface area contributed by atoms with Crippen LogP contribution in [0.25, 0.3) is 10.9 Å². The minimum absolute atomic E-state index is 0.386. The predicted octanol–water partition coefficient (Wildman–Crippen LogP) is 5.21. The number of aromatic nitrogens is 1. The van der Waals surface area contributed by atoms with Crippen LogP contribution in [0.1, 0.15) is 58.9 Å². The van der Waals surface area contributed by atoms with Crippen LogP contribution in [0.2, 0.25) is 0 Å². The minimum atomic E-state index is -0.486. The Morgan fingerprint density at radius 1 is 1.10 bits per heavy atom. The molecular formula is C23H36N2O4. The van der Waals surface area contributed by atoms with Gasteiger partial charge in [0.25, 0.3) is 0 Å². The van der Waals surface area contributed by atoms with E-state index in [4.69, 9.17) is 14.2 Å². The van der Waals surface area contributed by atoms with Crippen molar-refractivity contribution in [2.24, 2.45) is 0 Å². The zero-order valence-corrected chi connectivity index (χ0v) is 18.3. The number of hydrogen-bond acceptors (Lipinski definition) is 4. The van der Waals surface area contributed by atoms with Gasteiger partial charge in [0, 0.05) is 36.9 Å². The average Bonchev–Trinajstić information content (AvgIpc) is 3.05. The van der Waals surface area contributed by atoms with Gasteiger partial charge in [0.2, 0.25) is 0 Å². The molecule has 6 heteroatoms. The number of H-pyrrole nitrogens is 1. The zero-order chi connectivity index (χ0) is 21.1. The van der Waals surface area contributed by atoms with Crippen LogP contribution in [-0.2, 0) is 15.9 Å². The van der Waals surface area contributed by atoms with Crippen molar-refractivity contribution in [3.05, 3.63) is 30.0 Å². The molecule has 2 N–H and O–H groups in total. The van der Waals surface area contributed by atoms with Gasteiger partial charge in [-0.05, 0) is 77.1 Å². The molecule has 0 atom stereocenters. The number of unbranched alkanes of at least 4 members (excludes halogenated alkanes) is 3. The smallest absolute Gasteiger partial charge is 0.407 e. The Bertz CT molecular complexity index is 749. The number of amides is 1. The number of ether oxygens (including phenoxy) is 3. The van der Waals surface area contributed by atoms with Crippen molar-refractivity contribution in [3.8, 4) is 5.75 Å². The molecule has 0 unspecified atom stereocenters. The summed E-state index contributed by atoms with van der Waals surface area (Å²) in [5.41, 5.74) is 1.73. The van der Waals surface area contributed by atoms with E-state index in [2.05, 4.69) is 16.4 Å². The maximum Gasteiger partial charge on any atom is 0.407 e. The number of alkyl carbamates (subject to hydrolysis) is 1. The molecule has 2 aromatic rings. The molecule has 29 heavy (non-hydrogen) atoms. The van der Waals surface area contributed by atoms with Crippen LogP contribution < -0.4 is 10.1 Å². The first-order chi connectivity index (χ1) is 13.9. The normalized spacial score (nSPS) is 11.6. The Labute approximate surface area is 174 Å². The largest absolute Gasteiger partial charge is 0.494 e. The van der Waals surface area contributed by atoms with Crippen LogP contribution in [0.4, 0.5) is 4.79 Å². The fraction of sp³-hybridized carbons (Fsp3) is 0.609. The Morgan fingerprint density at radius 2 is 1.86 bits per heavy atom. The van der Waals surface area contributed by atoms with E-state index in [1.54, 1.807) is 0 Å². The highest BCUT2D eigenvalue weighted by atomic mass is 16.6. The van der Waals surface area contributed by atoms with Crippen LogP contribution >= 0.6 is 0 Å². The molecule has 1 aromatic heterocycles. The summed E-state index contributed by atoms with van der Waals surface area (Å²) in [6.45, 7) is 10.5. The fourth-order valence-corrected chi connectivity index (χ4v) is 3.06. The van der Waals surface area contributed by atoms with E-state index in [9.17, 15) is 4.79 Å². The van der Waals surface area contributed by atoms with Crippen molar-refractivity contribution in [3.63, 3.8) is 0 Å². The van der Waals surface area contributed by atoms with Crippen molar-refractivity contribution in [2.45, 2.75) is 65.4 Å². The third-order valence-corrected chi connectivity index (χ3v) is 4.46. The number of fused-ring (bicyclic) bond motifs is 1. The summed E-state index contributed by atoms with van der Waals surface area (Å²) in [5.74, 6) is 0.882. The molecule has 162 valence electrons. The van der Waals surface area contributed by atoms with E-state index >= 15 is 0 Å². The first-order valence-electron chi connectivity index (χ1n) is 10.7. The van der Waals surface area contributed by atoms with Gasteiger partial charge in [0.05, 0.1) is 6.61 Å². The molecule has 0 saturated carbocycles. The van der Waals surface area contributed by atoms with E-state index in [-0.39, 0.29) is 6.09 Å². The van der Waals surface area contributed by atoms with E-state index in [0.717, 1.165) is 67.7 Å². The summed E-state index contributed by atoms with van der Waals surface area (Å²) in [4.78, 5) is 15.1. The maximum absolute atomic E-state index is 11.8. The summed E-state index contributed by atoms with van der Waals surface area (Å²) < 4.78 is 16.6. The lowest BCUT2D eigenvalue weighted by molar-refractivity contribution is 0.0528. The van der Waals surface area contributed by atoms with Gasteiger partial charge in [0.1, 0.15) is 11.4 Å². The Kier molecular flexibility index (Phi) is 9.32. The third kappa shape index (κ3) is 8.77. The molecular weight excluding hydrogens is 368 g/mol. The molecule has 0 spiro atoms. The Hall–Kier alpha value is -2.21. The monoisotopic (exact) mass is 404 g/mol. The lowest BCUT2D eigenvalue weighted by Crippen LogP contribution is -2.33. The summed E-state index contributed by atoms with van der Waals surface area (Å²) in [6, 6.07) is 6.11. The Morgan fingerprint density at radius 3 is 2.59 bits per heavy atom. The molecule has 0 bridgehead atoms. The molecule has 0 aliphatic rings. The number of carbonyl (C=O) groups is 1. The van der Waals surface area contributed by atoms with Crippen molar-refractivity contribution >= 4 is 17.0 Å². The number of hydrogen-bond donors (Lipinski definition) is 2. The standard InChI is InChI=1S/C23H36N2O4/c1-5-27-14-8-6-7-9-15-28-19-10-11-21-20(16-19)18(17-25-21)12-13-24-22(26)29-23(2,3)4/h10-11,16-17,25H,5-9,12-15H2,1-4H3,(H,24,26). The first-order valence-corrected chi connectivity index (χ1v) is 10.7. The summed E-state index contributed by atoms with van der Waals surface area (Å²) in [5, 5.41) is 3.94. The molecule has 1 amide bonds. The molecule has 0 fully saturated rings. The average molecular weight is 405 g/mol. The number of rotatable bonds is 12. The fourth-order valence-electron chi connectivity index (χ4n) is 3.06. The molecule has 6 nitrogen and oxygen atoms in total. The van der Waals surface area contributed by atoms with E-state index in [1.165, 1.54) is 6.42 Å². The molecule has 1 aromatic carbocycles. The number of benzene rings is 1. The van der Waals surface area contributed by atoms with Crippen molar-refractivity contribution in [1.82, 2.24) is 10.3 Å². The Balaban J connectivity index is 1.76. The number of aromatic amines is 1. The molecule has 0 saturated heterocycles. The van der Waals surface area contributed by atoms with Gasteiger partial charge < -0.3 is 24.5 Å². The lowest BCUT2D eigenvalue weighted by Gasteiger charge is -2.19. The minimum Gasteiger partial charge on any atom is -0.494 e. The van der Waals surface area contributed by atoms with E-state index in [0.29, 0.717) is 6.54 Å². The summed E-state index contributed by atoms with van der Waals surface area (Å²) in [6.07, 6.45) is 6.82. The predicted molar refractivity (Wildman–Crippen MR) is 117 cm³/mol. The van der Waals surface area contributed by atoms with Crippen molar-refractivity contribution < 1.29 is 19.0 Å². The quantitative estimate of drug-likeness (QED) is 0.476. The number of nitrogens with one attached hydrogen (secondary N) is 2. The van der Waals surface area contributed by atoms with Gasteiger partial charge in [-0.25, -0.2) is 4.79 Å². The van der Waals surface area contributed by atoms with Crippen LogP contribution in [0, 0.1) is 0 Å². The first kappa shape index (κ1) is 23.1. The van der Waals surface area contributed by atoms with E-state index in [1.807, 2.05) is 46.0 Å². The SMILES string of the molecule is CCOCCCCCCOc1ccc2[nH]cc(CCNC(=O)OC(C)(C)C)c2c1. The van der Waals surface area contributed by atoms with Crippen molar-refractivity contribution in [1.29, 1.82) is 0 Å². The zero-order valence-electron chi connectivity index (χ0n) is 18.3. The van der Waals surface area contributed by atoms with E-state index < -0.39 is 5.60 Å². The van der Waals surface area contributed by atoms with Crippen molar-refractivity contribution in [2.75, 3.05) is 26.4 Å². The van der Waals surface area contributed by atoms with Crippen LogP contribution in [0.15, 0.2) is 24.4 Å². The second-order valence-electron chi connectivity index (χ2n) is 8.16.